The van der Waals surface area contributed by atoms with Crippen molar-refractivity contribution in [3.63, 3.8) is 0 Å². The molecular weight excluding hydrogens is 256 g/mol. The van der Waals surface area contributed by atoms with Crippen molar-refractivity contribution in [1.29, 1.82) is 0 Å². The molecule has 1 aromatic rings. The Kier molecular flexibility index (Phi) is 1.61. The van der Waals surface area contributed by atoms with Gasteiger partial charge in [0.05, 0.1) is 9.65 Å². The largest absolute Gasteiger partial charge is 0.0823 e. The molecule has 0 unspecified atom stereocenters. The monoisotopic (exact) mass is 260 g/mol. The minimum Gasteiger partial charge on any atom is -0.0823 e. The third kappa shape index (κ3) is 0.785. The van der Waals surface area contributed by atoms with Crippen LogP contribution in [0, 0.1) is 0 Å². The zero-order valence-electron chi connectivity index (χ0n) is 5.22. The second-order valence-electron chi connectivity index (χ2n) is 2.43. The summed E-state index contributed by atoms with van der Waals surface area (Å²) in [5.74, 6) is 0. The van der Waals surface area contributed by atoms with Gasteiger partial charge >= 0.3 is 0 Å². The van der Waals surface area contributed by atoms with Gasteiger partial charge in [0.15, 0.2) is 0 Å². The maximum Gasteiger partial charge on any atom is 0.0564 e. The summed E-state index contributed by atoms with van der Waals surface area (Å²) in [4.78, 5) is 1.03. The summed E-state index contributed by atoms with van der Waals surface area (Å²) >= 11 is 7.15. The normalized spacial score (nSPS) is 29.0. The van der Waals surface area contributed by atoms with Gasteiger partial charge in [-0.1, -0.05) is 56.1 Å². The van der Waals surface area contributed by atoms with Crippen LogP contribution < -0.4 is 0 Å². The number of hydrogen-bond acceptors (Lipinski definition) is 0. The predicted octanol–water partition coefficient (Wildman–Crippen LogP) is 3.57. The Hall–Kier alpha value is 0.180. The Morgan fingerprint density at radius 3 is 1.70 bits per heavy atom. The van der Waals surface area contributed by atoms with Crippen LogP contribution in [0.3, 0.4) is 0 Å². The first-order valence-corrected chi connectivity index (χ1v) is 5.01. The molecule has 0 spiro atoms. The van der Waals surface area contributed by atoms with Gasteiger partial charge < -0.3 is 0 Å². The lowest BCUT2D eigenvalue weighted by atomic mass is 9.89. The molecule has 1 aliphatic rings. The molecule has 0 N–H and O–H groups in total. The van der Waals surface area contributed by atoms with Gasteiger partial charge in [-0.15, -0.1) is 0 Å². The highest BCUT2D eigenvalue weighted by atomic mass is 79.9. The van der Waals surface area contributed by atoms with Gasteiger partial charge in [-0.2, -0.15) is 0 Å². The van der Waals surface area contributed by atoms with Crippen LogP contribution >= 0.6 is 31.9 Å². The minimum atomic E-state index is 0.517. The summed E-state index contributed by atoms with van der Waals surface area (Å²) in [6, 6.07) is 8.47. The molecule has 0 nitrogen and oxygen atoms in total. The summed E-state index contributed by atoms with van der Waals surface area (Å²) in [6.07, 6.45) is 0. The molecule has 1 aromatic carbocycles. The van der Waals surface area contributed by atoms with Crippen LogP contribution in [-0.2, 0) is 0 Å². The second-order valence-corrected chi connectivity index (χ2v) is 4.41. The molecule has 1 aliphatic carbocycles. The summed E-state index contributed by atoms with van der Waals surface area (Å²) in [5, 5.41) is 0. The third-order valence-corrected chi connectivity index (χ3v) is 4.60. The van der Waals surface area contributed by atoms with E-state index in [1.807, 2.05) is 0 Å². The van der Waals surface area contributed by atoms with Gasteiger partial charge in [0, 0.05) is 0 Å². The van der Waals surface area contributed by atoms with E-state index in [0.717, 1.165) is 0 Å². The van der Waals surface area contributed by atoms with Gasteiger partial charge in [0.2, 0.25) is 0 Å². The number of hydrogen-bond donors (Lipinski definition) is 0. The van der Waals surface area contributed by atoms with Crippen molar-refractivity contribution in [2.45, 2.75) is 9.65 Å². The Labute approximate surface area is 76.9 Å². The molecule has 0 fully saturated rings. The number of fused-ring (bicyclic) bond motifs is 1. The quantitative estimate of drug-likeness (QED) is 0.627. The zero-order valence-corrected chi connectivity index (χ0v) is 8.39. The molecule has 0 amide bonds. The Morgan fingerprint density at radius 2 is 1.30 bits per heavy atom. The van der Waals surface area contributed by atoms with E-state index in [1.54, 1.807) is 0 Å². The summed E-state index contributed by atoms with van der Waals surface area (Å²) < 4.78 is 0. The zero-order chi connectivity index (χ0) is 7.14. The number of halogens is 2. The maximum atomic E-state index is 3.58. The van der Waals surface area contributed by atoms with Crippen molar-refractivity contribution in [2.24, 2.45) is 0 Å². The molecule has 2 rings (SSSR count). The van der Waals surface area contributed by atoms with Crippen LogP contribution in [0.2, 0.25) is 0 Å². The van der Waals surface area contributed by atoms with E-state index in [2.05, 4.69) is 56.1 Å². The molecule has 0 radical (unpaired) electrons. The van der Waals surface area contributed by atoms with Gasteiger partial charge in [-0.3, -0.25) is 0 Å². The first-order chi connectivity index (χ1) is 4.80. The Balaban J connectivity index is 2.50. The molecular formula is C8H6Br2. The lowest BCUT2D eigenvalue weighted by Crippen LogP contribution is -2.13. The van der Waals surface area contributed by atoms with Gasteiger partial charge in [-0.25, -0.2) is 0 Å². The number of rotatable bonds is 0. The van der Waals surface area contributed by atoms with Crippen molar-refractivity contribution in [2.75, 3.05) is 0 Å². The summed E-state index contributed by atoms with van der Waals surface area (Å²) in [6.45, 7) is 0. The Bertz CT molecular complexity index is 230. The molecule has 0 saturated carbocycles. The topological polar surface area (TPSA) is 0 Å². The van der Waals surface area contributed by atoms with Crippen LogP contribution in [0.15, 0.2) is 24.3 Å². The Morgan fingerprint density at radius 1 is 0.900 bits per heavy atom. The SMILES string of the molecule is Br[C@@H]1c2ccccc2[C@@H]1Br. The highest BCUT2D eigenvalue weighted by Gasteiger charge is 2.32. The number of benzene rings is 1. The molecule has 2 atom stereocenters. The van der Waals surface area contributed by atoms with E-state index < -0.39 is 0 Å². The van der Waals surface area contributed by atoms with Gasteiger partial charge in [-0.05, 0) is 11.1 Å². The van der Waals surface area contributed by atoms with Gasteiger partial charge in [0.1, 0.15) is 0 Å². The third-order valence-electron chi connectivity index (χ3n) is 1.85. The fourth-order valence-corrected chi connectivity index (χ4v) is 2.64. The first kappa shape index (κ1) is 6.86. The highest BCUT2D eigenvalue weighted by Crippen LogP contribution is 2.53. The molecule has 52 valence electrons. The molecule has 0 bridgehead atoms. The molecule has 0 heterocycles. The molecule has 2 heteroatoms. The van der Waals surface area contributed by atoms with E-state index in [1.165, 1.54) is 11.1 Å². The van der Waals surface area contributed by atoms with Crippen LogP contribution in [0.25, 0.3) is 0 Å². The van der Waals surface area contributed by atoms with Gasteiger partial charge in [0.25, 0.3) is 0 Å². The highest BCUT2D eigenvalue weighted by molar-refractivity contribution is 9.12. The molecule has 0 aliphatic heterocycles. The van der Waals surface area contributed by atoms with E-state index in [0.29, 0.717) is 9.65 Å². The first-order valence-electron chi connectivity index (χ1n) is 3.17. The van der Waals surface area contributed by atoms with Crippen molar-refractivity contribution in [1.82, 2.24) is 0 Å². The lowest BCUT2D eigenvalue weighted by Gasteiger charge is -2.31. The molecule has 0 saturated heterocycles. The van der Waals surface area contributed by atoms with Crippen molar-refractivity contribution in [3.05, 3.63) is 35.4 Å². The van der Waals surface area contributed by atoms with Crippen molar-refractivity contribution in [3.8, 4) is 0 Å². The molecule has 10 heavy (non-hydrogen) atoms. The standard InChI is InChI=1S/C8H6Br2/c9-7-5-3-1-2-4-6(5)8(7)10/h1-4,7-8H/t7-,8+. The maximum absolute atomic E-state index is 3.58. The predicted molar refractivity (Wildman–Crippen MR) is 49.8 cm³/mol. The smallest absolute Gasteiger partial charge is 0.0564 e. The fraction of sp³-hybridized carbons (Fsp3) is 0.250. The van der Waals surface area contributed by atoms with Crippen molar-refractivity contribution < 1.29 is 0 Å². The molecule has 0 aromatic heterocycles. The van der Waals surface area contributed by atoms with E-state index in [4.69, 9.17) is 0 Å². The van der Waals surface area contributed by atoms with E-state index in [9.17, 15) is 0 Å². The van der Waals surface area contributed by atoms with E-state index in [-0.39, 0.29) is 0 Å². The minimum absolute atomic E-state index is 0.517. The van der Waals surface area contributed by atoms with Crippen molar-refractivity contribution >= 4 is 31.9 Å². The average molecular weight is 262 g/mol. The van der Waals surface area contributed by atoms with Crippen LogP contribution in [0.1, 0.15) is 20.8 Å². The fourth-order valence-electron chi connectivity index (χ4n) is 1.23. The van der Waals surface area contributed by atoms with Crippen LogP contribution in [-0.4, -0.2) is 0 Å². The second kappa shape index (κ2) is 2.35. The van der Waals surface area contributed by atoms with Crippen LogP contribution in [0.4, 0.5) is 0 Å². The average Bonchev–Trinajstić information content (AvgIpc) is 2.03. The lowest BCUT2D eigenvalue weighted by molar-refractivity contribution is 0.820. The number of alkyl halides is 2. The summed E-state index contributed by atoms with van der Waals surface area (Å²) in [5.41, 5.74) is 2.84. The summed E-state index contributed by atoms with van der Waals surface area (Å²) in [7, 11) is 0. The van der Waals surface area contributed by atoms with Crippen LogP contribution in [0.5, 0.6) is 0 Å². The van der Waals surface area contributed by atoms with E-state index >= 15 is 0 Å².